The van der Waals surface area contributed by atoms with Gasteiger partial charge in [-0.3, -0.25) is 4.79 Å². The molecule has 2 aromatic carbocycles. The Morgan fingerprint density at radius 2 is 1.73 bits per heavy atom. The summed E-state index contributed by atoms with van der Waals surface area (Å²) in [5.74, 6) is 0.0491. The van der Waals surface area contributed by atoms with Gasteiger partial charge in [0.2, 0.25) is 0 Å². The molecule has 0 amide bonds. The van der Waals surface area contributed by atoms with Crippen LogP contribution in [-0.2, 0) is 12.8 Å². The zero-order valence-electron chi connectivity index (χ0n) is 12.9. The molecule has 0 aromatic heterocycles. The number of allylic oxidation sites excluding steroid dienone is 1. The van der Waals surface area contributed by atoms with Crippen LogP contribution in [0.25, 0.3) is 0 Å². The summed E-state index contributed by atoms with van der Waals surface area (Å²) in [5.41, 5.74) is 5.74. The fraction of sp³-hybridized carbons (Fsp3) is 0.250. The van der Waals surface area contributed by atoms with Gasteiger partial charge in [-0.05, 0) is 61.9 Å². The third-order valence-electron chi connectivity index (χ3n) is 4.17. The van der Waals surface area contributed by atoms with E-state index in [0.717, 1.165) is 24.1 Å². The molecule has 112 valence electrons. The number of nitrogens with one attached hydrogen (secondary N) is 1. The normalized spacial score (nSPS) is 13.9. The zero-order chi connectivity index (χ0) is 15.4. The van der Waals surface area contributed by atoms with E-state index in [0.29, 0.717) is 0 Å². The van der Waals surface area contributed by atoms with E-state index in [4.69, 9.17) is 0 Å². The lowest BCUT2D eigenvalue weighted by Crippen LogP contribution is -2.05. The van der Waals surface area contributed by atoms with Gasteiger partial charge in [0.15, 0.2) is 5.78 Å². The van der Waals surface area contributed by atoms with Crippen molar-refractivity contribution in [3.8, 4) is 0 Å². The molecule has 0 radical (unpaired) electrons. The van der Waals surface area contributed by atoms with Crippen LogP contribution >= 0.6 is 0 Å². The molecule has 22 heavy (non-hydrogen) atoms. The monoisotopic (exact) mass is 291 g/mol. The summed E-state index contributed by atoms with van der Waals surface area (Å²) < 4.78 is 0. The number of benzene rings is 2. The Morgan fingerprint density at radius 1 is 1.00 bits per heavy atom. The number of carbonyl (C=O) groups excluding carboxylic acids is 1. The Bertz CT molecular complexity index is 698. The molecule has 0 bridgehead atoms. The van der Waals surface area contributed by atoms with E-state index >= 15 is 0 Å². The molecule has 0 heterocycles. The highest BCUT2D eigenvalue weighted by Gasteiger charge is 2.11. The van der Waals surface area contributed by atoms with Crippen molar-refractivity contribution in [3.63, 3.8) is 0 Å². The van der Waals surface area contributed by atoms with Crippen LogP contribution in [0.3, 0.4) is 0 Å². The van der Waals surface area contributed by atoms with Gasteiger partial charge in [0, 0.05) is 23.5 Å². The summed E-state index contributed by atoms with van der Waals surface area (Å²) >= 11 is 0. The van der Waals surface area contributed by atoms with E-state index in [9.17, 15) is 4.79 Å². The highest BCUT2D eigenvalue weighted by Crippen LogP contribution is 2.22. The van der Waals surface area contributed by atoms with E-state index in [-0.39, 0.29) is 5.78 Å². The molecule has 2 nitrogen and oxygen atoms in total. The van der Waals surface area contributed by atoms with Crippen LogP contribution in [-0.4, -0.2) is 5.78 Å². The number of aryl methyl sites for hydroxylation is 3. The predicted molar refractivity (Wildman–Crippen MR) is 91.4 cm³/mol. The molecule has 2 heteroatoms. The van der Waals surface area contributed by atoms with Crippen LogP contribution in [0.5, 0.6) is 0 Å². The highest BCUT2D eigenvalue weighted by molar-refractivity contribution is 6.04. The molecule has 0 atom stereocenters. The van der Waals surface area contributed by atoms with Crippen molar-refractivity contribution < 1.29 is 4.79 Å². The van der Waals surface area contributed by atoms with Crippen LogP contribution in [0.15, 0.2) is 54.7 Å². The molecule has 0 aliphatic heterocycles. The molecule has 1 aliphatic carbocycles. The topological polar surface area (TPSA) is 29.1 Å². The maximum absolute atomic E-state index is 12.2. The van der Waals surface area contributed by atoms with E-state index in [1.807, 2.05) is 30.3 Å². The van der Waals surface area contributed by atoms with Gasteiger partial charge in [0.25, 0.3) is 0 Å². The second-order valence-electron chi connectivity index (χ2n) is 5.90. The standard InChI is InChI=1S/C20H21NO/c1-15-6-10-19(11-7-15)21-13-12-20(22)18-9-8-16-4-2-3-5-17(16)14-18/h6-14,21H,2-5H2,1H3. The zero-order valence-corrected chi connectivity index (χ0v) is 12.9. The average molecular weight is 291 g/mol. The molecule has 0 saturated heterocycles. The van der Waals surface area contributed by atoms with E-state index < -0.39 is 0 Å². The van der Waals surface area contributed by atoms with Gasteiger partial charge < -0.3 is 5.32 Å². The van der Waals surface area contributed by atoms with Gasteiger partial charge in [-0.1, -0.05) is 29.8 Å². The molecule has 3 rings (SSSR count). The number of hydrogen-bond donors (Lipinski definition) is 1. The van der Waals surface area contributed by atoms with Gasteiger partial charge in [-0.2, -0.15) is 0 Å². The lowest BCUT2D eigenvalue weighted by Gasteiger charge is -2.15. The molecule has 0 unspecified atom stereocenters. The van der Waals surface area contributed by atoms with Crippen molar-refractivity contribution in [3.05, 3.63) is 77.0 Å². The lowest BCUT2D eigenvalue weighted by atomic mass is 9.90. The first-order chi connectivity index (χ1) is 10.7. The SMILES string of the molecule is Cc1ccc(NC=CC(=O)c2ccc3c(c2)CCCC3)cc1. The first-order valence-corrected chi connectivity index (χ1v) is 7.88. The number of hydrogen-bond acceptors (Lipinski definition) is 2. The van der Waals surface area contributed by atoms with Gasteiger partial charge in [0.05, 0.1) is 0 Å². The molecule has 0 saturated carbocycles. The van der Waals surface area contributed by atoms with Crippen molar-refractivity contribution in [2.45, 2.75) is 32.6 Å². The third-order valence-corrected chi connectivity index (χ3v) is 4.17. The summed E-state index contributed by atoms with van der Waals surface area (Å²) in [4.78, 5) is 12.2. The minimum Gasteiger partial charge on any atom is -0.362 e. The molecule has 1 aliphatic rings. The Morgan fingerprint density at radius 3 is 2.50 bits per heavy atom. The summed E-state index contributed by atoms with van der Waals surface area (Å²) in [6.07, 6.45) is 8.06. The Balaban J connectivity index is 1.66. The van der Waals surface area contributed by atoms with Crippen LogP contribution in [0.2, 0.25) is 0 Å². The smallest absolute Gasteiger partial charge is 0.187 e. The fourth-order valence-corrected chi connectivity index (χ4v) is 2.85. The van der Waals surface area contributed by atoms with E-state index in [1.165, 1.54) is 29.5 Å². The minimum atomic E-state index is 0.0491. The molecule has 2 aromatic rings. The first kappa shape index (κ1) is 14.6. The van der Waals surface area contributed by atoms with Crippen LogP contribution in [0.1, 0.15) is 39.9 Å². The van der Waals surface area contributed by atoms with Gasteiger partial charge in [0.1, 0.15) is 0 Å². The maximum Gasteiger partial charge on any atom is 0.187 e. The van der Waals surface area contributed by atoms with E-state index in [1.54, 1.807) is 12.3 Å². The average Bonchev–Trinajstić information content (AvgIpc) is 2.56. The summed E-state index contributed by atoms with van der Waals surface area (Å²) in [5, 5.41) is 3.13. The van der Waals surface area contributed by atoms with Crippen molar-refractivity contribution in [2.24, 2.45) is 0 Å². The van der Waals surface area contributed by atoms with Crippen molar-refractivity contribution in [2.75, 3.05) is 5.32 Å². The number of carbonyl (C=O) groups is 1. The quantitative estimate of drug-likeness (QED) is 0.654. The fourth-order valence-electron chi connectivity index (χ4n) is 2.85. The van der Waals surface area contributed by atoms with Gasteiger partial charge in [-0.25, -0.2) is 0 Å². The minimum absolute atomic E-state index is 0.0491. The second-order valence-corrected chi connectivity index (χ2v) is 5.90. The number of fused-ring (bicyclic) bond motifs is 1. The number of rotatable bonds is 4. The number of ketones is 1. The van der Waals surface area contributed by atoms with Crippen molar-refractivity contribution in [1.29, 1.82) is 0 Å². The molecule has 0 spiro atoms. The van der Waals surface area contributed by atoms with Gasteiger partial charge in [-0.15, -0.1) is 0 Å². The maximum atomic E-state index is 12.2. The number of anilines is 1. The lowest BCUT2D eigenvalue weighted by molar-refractivity contribution is 0.104. The summed E-state index contributed by atoms with van der Waals surface area (Å²) in [6.45, 7) is 2.05. The molecular formula is C20H21NO. The Labute approximate surface area is 131 Å². The molecule has 0 fully saturated rings. The van der Waals surface area contributed by atoms with Crippen molar-refractivity contribution in [1.82, 2.24) is 0 Å². The molecule has 1 N–H and O–H groups in total. The third kappa shape index (κ3) is 3.45. The van der Waals surface area contributed by atoms with Gasteiger partial charge >= 0.3 is 0 Å². The van der Waals surface area contributed by atoms with E-state index in [2.05, 4.69) is 24.4 Å². The first-order valence-electron chi connectivity index (χ1n) is 7.88. The summed E-state index contributed by atoms with van der Waals surface area (Å²) in [6, 6.07) is 14.2. The Kier molecular flexibility index (Phi) is 4.38. The van der Waals surface area contributed by atoms with Crippen molar-refractivity contribution >= 4 is 11.5 Å². The highest BCUT2D eigenvalue weighted by atomic mass is 16.1. The second kappa shape index (κ2) is 6.61. The summed E-state index contributed by atoms with van der Waals surface area (Å²) in [7, 11) is 0. The molecular weight excluding hydrogens is 270 g/mol. The largest absolute Gasteiger partial charge is 0.362 e. The Hall–Kier alpha value is -2.35. The van der Waals surface area contributed by atoms with Crippen LogP contribution in [0.4, 0.5) is 5.69 Å². The predicted octanol–water partition coefficient (Wildman–Crippen LogP) is 4.68. The van der Waals surface area contributed by atoms with Crippen LogP contribution < -0.4 is 5.32 Å². The van der Waals surface area contributed by atoms with Crippen LogP contribution in [0, 0.1) is 6.92 Å².